The molecule has 0 heterocycles. The first kappa shape index (κ1) is 22.0. The maximum absolute atomic E-state index is 13.5. The van der Waals surface area contributed by atoms with Crippen LogP contribution in [0.25, 0.3) is 0 Å². The number of carbonyl (C=O) groups excluding carboxylic acids is 3. The third-order valence-corrected chi connectivity index (χ3v) is 6.97. The number of aliphatic hydroxyl groups excluding tert-OH is 3. The number of ketones is 2. The zero-order valence-electron chi connectivity index (χ0n) is 17.7. The van der Waals surface area contributed by atoms with Gasteiger partial charge in [-0.15, -0.1) is 0 Å². The molecule has 1 amide bonds. The molecule has 7 N–H and O–H groups in total. The van der Waals surface area contributed by atoms with Gasteiger partial charge in [-0.1, -0.05) is 13.8 Å². The van der Waals surface area contributed by atoms with Crippen LogP contribution in [0.3, 0.4) is 0 Å². The smallest absolute Gasteiger partial charge is 0.255 e. The summed E-state index contributed by atoms with van der Waals surface area (Å²) in [6, 6.07) is 1.65. The van der Waals surface area contributed by atoms with E-state index in [1.165, 1.54) is 0 Å². The van der Waals surface area contributed by atoms with Crippen LogP contribution in [0.5, 0.6) is 5.75 Å². The lowest BCUT2D eigenvalue weighted by atomic mass is 9.60. The van der Waals surface area contributed by atoms with E-state index in [1.807, 2.05) is 13.8 Å². The zero-order valence-corrected chi connectivity index (χ0v) is 17.7. The van der Waals surface area contributed by atoms with Crippen molar-refractivity contribution < 1.29 is 39.9 Å². The Balaban J connectivity index is 1.95. The summed E-state index contributed by atoms with van der Waals surface area (Å²) in [5.74, 6) is -6.65. The number of Topliss-reactive ketones (excluding diaryl/α,β-unsaturated/α-hetero) is 2. The number of phenols is 1. The molecule has 3 aliphatic rings. The van der Waals surface area contributed by atoms with Crippen molar-refractivity contribution in [2.75, 3.05) is 0 Å². The molecule has 9 heteroatoms. The van der Waals surface area contributed by atoms with E-state index in [9.17, 15) is 39.9 Å². The molecule has 0 aliphatic heterocycles. The molecule has 0 saturated heterocycles. The second-order valence-electron chi connectivity index (χ2n) is 9.05. The van der Waals surface area contributed by atoms with Gasteiger partial charge in [0.2, 0.25) is 5.78 Å². The van der Waals surface area contributed by atoms with Crippen molar-refractivity contribution in [3.63, 3.8) is 0 Å². The average molecular weight is 443 g/mol. The summed E-state index contributed by atoms with van der Waals surface area (Å²) in [5.41, 5.74) is 3.03. The third kappa shape index (κ3) is 2.74. The van der Waals surface area contributed by atoms with Crippen LogP contribution in [0.4, 0.5) is 0 Å². The Bertz CT molecular complexity index is 1150. The standard InChI is InChI=1S/C23H25NO8/c1-8(2)12-5-10(7-25)18(27)16-13(12)4-9-3-11-6-14(26)17(22(24)31)21(30)23(11,32)20(29)15(9)19(16)28/h5,8-9,11,25-27,29,32H,3-4,6-7H2,1-2H3,(H2,24,31)/t9-,11+,23+/m1/s1. The Morgan fingerprint density at radius 2 is 1.88 bits per heavy atom. The molecule has 3 atom stereocenters. The summed E-state index contributed by atoms with van der Waals surface area (Å²) in [6.07, 6.45) is 0.0747. The van der Waals surface area contributed by atoms with E-state index in [-0.39, 0.29) is 41.9 Å². The zero-order chi connectivity index (χ0) is 23.7. The Labute approximate surface area is 183 Å². The topological polar surface area (TPSA) is 178 Å². The fourth-order valence-electron chi connectivity index (χ4n) is 5.41. The van der Waals surface area contributed by atoms with Gasteiger partial charge in [-0.2, -0.15) is 0 Å². The lowest BCUT2D eigenvalue weighted by molar-refractivity contribution is -0.144. The number of fused-ring (bicyclic) bond motifs is 3. The lowest BCUT2D eigenvalue weighted by Gasteiger charge is -2.45. The highest BCUT2D eigenvalue weighted by atomic mass is 16.3. The Hall–Kier alpha value is -3.17. The molecule has 170 valence electrons. The monoisotopic (exact) mass is 443 g/mol. The van der Waals surface area contributed by atoms with Gasteiger partial charge in [0.25, 0.3) is 5.91 Å². The minimum atomic E-state index is -2.58. The number of hydrogen-bond donors (Lipinski definition) is 6. The largest absolute Gasteiger partial charge is 0.511 e. The number of allylic oxidation sites excluding steroid dienone is 2. The van der Waals surface area contributed by atoms with E-state index in [2.05, 4.69) is 0 Å². The molecule has 0 unspecified atom stereocenters. The maximum Gasteiger partial charge on any atom is 0.255 e. The van der Waals surface area contributed by atoms with Crippen molar-refractivity contribution in [2.45, 2.75) is 51.2 Å². The van der Waals surface area contributed by atoms with Crippen LogP contribution in [0.1, 0.15) is 59.7 Å². The van der Waals surface area contributed by atoms with Crippen LogP contribution in [-0.2, 0) is 22.6 Å². The fraction of sp³-hybridized carbons (Fsp3) is 0.435. The molecule has 1 aromatic carbocycles. The molecule has 0 spiro atoms. The van der Waals surface area contributed by atoms with Crippen LogP contribution >= 0.6 is 0 Å². The molecule has 0 fully saturated rings. The van der Waals surface area contributed by atoms with E-state index in [4.69, 9.17) is 5.73 Å². The van der Waals surface area contributed by atoms with Gasteiger partial charge in [0.05, 0.1) is 12.2 Å². The number of carbonyl (C=O) groups is 3. The van der Waals surface area contributed by atoms with Crippen LogP contribution in [-0.4, -0.2) is 48.6 Å². The van der Waals surface area contributed by atoms with Gasteiger partial charge >= 0.3 is 0 Å². The normalized spacial score (nSPS) is 27.4. The predicted molar refractivity (Wildman–Crippen MR) is 111 cm³/mol. The minimum absolute atomic E-state index is 0.0246. The molecule has 0 bridgehead atoms. The van der Waals surface area contributed by atoms with E-state index in [0.717, 1.165) is 5.56 Å². The predicted octanol–water partition coefficient (Wildman–Crippen LogP) is 1.20. The summed E-state index contributed by atoms with van der Waals surface area (Å²) in [4.78, 5) is 38.1. The van der Waals surface area contributed by atoms with Gasteiger partial charge in [-0.3, -0.25) is 14.4 Å². The maximum atomic E-state index is 13.5. The number of benzene rings is 1. The van der Waals surface area contributed by atoms with E-state index >= 15 is 0 Å². The number of amides is 1. The molecule has 9 nitrogen and oxygen atoms in total. The van der Waals surface area contributed by atoms with Crippen LogP contribution < -0.4 is 5.73 Å². The number of primary amides is 1. The van der Waals surface area contributed by atoms with Gasteiger partial charge in [-0.25, -0.2) is 0 Å². The number of aliphatic hydroxyl groups is 4. The van der Waals surface area contributed by atoms with Crippen molar-refractivity contribution in [2.24, 2.45) is 17.6 Å². The van der Waals surface area contributed by atoms with Crippen LogP contribution in [0, 0.1) is 11.8 Å². The van der Waals surface area contributed by atoms with Crippen molar-refractivity contribution in [1.82, 2.24) is 0 Å². The molecule has 1 aromatic rings. The molecule has 0 saturated carbocycles. The molecule has 0 aromatic heterocycles. The second-order valence-corrected chi connectivity index (χ2v) is 9.05. The van der Waals surface area contributed by atoms with Crippen molar-refractivity contribution in [1.29, 1.82) is 0 Å². The van der Waals surface area contributed by atoms with Crippen molar-refractivity contribution in [3.8, 4) is 5.75 Å². The molecular formula is C23H25NO8. The Kier molecular flexibility index (Phi) is 4.94. The number of nitrogens with two attached hydrogens (primary N) is 1. The molecule has 0 radical (unpaired) electrons. The molecule has 4 rings (SSSR count). The summed E-state index contributed by atoms with van der Waals surface area (Å²) < 4.78 is 0. The van der Waals surface area contributed by atoms with Gasteiger partial charge in [-0.05, 0) is 41.9 Å². The van der Waals surface area contributed by atoms with Gasteiger partial charge in [0.15, 0.2) is 11.4 Å². The third-order valence-electron chi connectivity index (χ3n) is 6.97. The highest BCUT2D eigenvalue weighted by Gasteiger charge is 2.59. The first-order chi connectivity index (χ1) is 14.9. The minimum Gasteiger partial charge on any atom is -0.511 e. The quantitative estimate of drug-likeness (QED) is 0.377. The summed E-state index contributed by atoms with van der Waals surface area (Å²) >= 11 is 0. The fourth-order valence-corrected chi connectivity index (χ4v) is 5.41. The summed E-state index contributed by atoms with van der Waals surface area (Å²) in [7, 11) is 0. The van der Waals surface area contributed by atoms with Gasteiger partial charge in [0, 0.05) is 23.5 Å². The van der Waals surface area contributed by atoms with Crippen molar-refractivity contribution >= 4 is 17.5 Å². The van der Waals surface area contributed by atoms with Gasteiger partial charge in [0.1, 0.15) is 22.8 Å². The molecule has 32 heavy (non-hydrogen) atoms. The Morgan fingerprint density at radius 1 is 1.22 bits per heavy atom. The van der Waals surface area contributed by atoms with E-state index in [0.29, 0.717) is 5.56 Å². The first-order valence-electron chi connectivity index (χ1n) is 10.4. The molecular weight excluding hydrogens is 418 g/mol. The average Bonchev–Trinajstić information content (AvgIpc) is 2.70. The first-order valence-corrected chi connectivity index (χ1v) is 10.4. The molecule has 3 aliphatic carbocycles. The second kappa shape index (κ2) is 7.18. The van der Waals surface area contributed by atoms with Crippen LogP contribution in [0.15, 0.2) is 28.7 Å². The van der Waals surface area contributed by atoms with E-state index in [1.54, 1.807) is 6.07 Å². The SMILES string of the molecule is CC(C)c1cc(CO)c(O)c2c1C[C@H]1C[C@H]3CC(O)=C(C(N)=O)C(=O)[C@@]3(O)C(O)=C1C2=O. The van der Waals surface area contributed by atoms with Gasteiger partial charge < -0.3 is 31.3 Å². The number of aromatic hydroxyl groups is 1. The summed E-state index contributed by atoms with van der Waals surface area (Å²) in [5, 5.41) is 52.7. The van der Waals surface area contributed by atoms with E-state index < -0.39 is 64.4 Å². The highest BCUT2D eigenvalue weighted by Crippen LogP contribution is 2.52. The Morgan fingerprint density at radius 3 is 2.44 bits per heavy atom. The van der Waals surface area contributed by atoms with Crippen molar-refractivity contribution in [3.05, 3.63) is 51.0 Å². The lowest BCUT2D eigenvalue weighted by Crippen LogP contribution is -2.57. The number of rotatable bonds is 3. The summed E-state index contributed by atoms with van der Waals surface area (Å²) in [6.45, 7) is 3.32. The van der Waals surface area contributed by atoms with Crippen LogP contribution in [0.2, 0.25) is 0 Å². The number of hydrogen-bond acceptors (Lipinski definition) is 8. The highest BCUT2D eigenvalue weighted by molar-refractivity contribution is 6.24.